The van der Waals surface area contributed by atoms with E-state index < -0.39 is 6.04 Å². The van der Waals surface area contributed by atoms with Gasteiger partial charge in [-0.05, 0) is 54.1 Å². The molecule has 0 radical (unpaired) electrons. The number of halogens is 1. The van der Waals surface area contributed by atoms with Crippen LogP contribution < -0.4 is 5.32 Å². The predicted molar refractivity (Wildman–Crippen MR) is 161 cm³/mol. The third-order valence-corrected chi connectivity index (χ3v) is 7.76. The summed E-state index contributed by atoms with van der Waals surface area (Å²) in [6.07, 6.45) is 6.64. The van der Waals surface area contributed by atoms with Gasteiger partial charge in [0.25, 0.3) is 5.91 Å². The zero-order valence-electron chi connectivity index (χ0n) is 22.1. The van der Waals surface area contributed by atoms with Crippen LogP contribution in [0.3, 0.4) is 0 Å². The molecule has 0 saturated carbocycles. The first kappa shape index (κ1) is 25.8. The molecule has 0 fully saturated rings. The number of nitrogens with zero attached hydrogens (tertiary/aromatic N) is 5. The molecule has 0 bridgehead atoms. The summed E-state index contributed by atoms with van der Waals surface area (Å²) in [6, 6.07) is 24.0. The fraction of sp³-hybridized carbons (Fsp3) is 0.0938. The minimum atomic E-state index is -0.534. The molecule has 7 rings (SSSR count). The summed E-state index contributed by atoms with van der Waals surface area (Å²) in [5.74, 6) is 0.107. The molecule has 10 heteroatoms. The quantitative estimate of drug-likeness (QED) is 0.251. The Morgan fingerprint density at radius 3 is 2.69 bits per heavy atom. The van der Waals surface area contributed by atoms with E-state index in [0.29, 0.717) is 40.3 Å². The van der Waals surface area contributed by atoms with Crippen molar-refractivity contribution in [3.8, 4) is 11.3 Å². The lowest BCUT2D eigenvalue weighted by molar-refractivity contribution is -0.117. The maximum absolute atomic E-state index is 14.7. The summed E-state index contributed by atoms with van der Waals surface area (Å²) < 4.78 is 8.11. The van der Waals surface area contributed by atoms with E-state index in [-0.39, 0.29) is 18.4 Å². The first-order valence-electron chi connectivity index (χ1n) is 13.3. The van der Waals surface area contributed by atoms with E-state index in [1.807, 2.05) is 72.8 Å². The van der Waals surface area contributed by atoms with Crippen LogP contribution in [0.15, 0.2) is 113 Å². The van der Waals surface area contributed by atoms with Crippen LogP contribution >= 0.6 is 15.9 Å². The monoisotopic (exact) mass is 618 g/mol. The van der Waals surface area contributed by atoms with Gasteiger partial charge in [0.05, 0.1) is 35.1 Å². The molecule has 0 saturated heterocycles. The SMILES string of the molecule is O=C1CN(C(=O)c2cc(-c3cccnc3)nc3c2cnn3Cc2ccco2)C(c2ccccc2)c2cc(Br)ccc2N1. The van der Waals surface area contributed by atoms with Gasteiger partial charge in [-0.1, -0.05) is 46.3 Å². The molecule has 4 aromatic heterocycles. The summed E-state index contributed by atoms with van der Waals surface area (Å²) in [5.41, 5.74) is 4.58. The number of fused-ring (bicyclic) bond motifs is 2. The van der Waals surface area contributed by atoms with Gasteiger partial charge in [0.2, 0.25) is 5.91 Å². The fourth-order valence-corrected chi connectivity index (χ4v) is 5.75. The van der Waals surface area contributed by atoms with E-state index in [1.54, 1.807) is 40.5 Å². The van der Waals surface area contributed by atoms with Crippen LogP contribution in [0, 0.1) is 0 Å². The first-order chi connectivity index (χ1) is 20.5. The van der Waals surface area contributed by atoms with Gasteiger partial charge >= 0.3 is 0 Å². The highest BCUT2D eigenvalue weighted by Crippen LogP contribution is 2.39. The van der Waals surface area contributed by atoms with Crippen molar-refractivity contribution in [3.63, 3.8) is 0 Å². The van der Waals surface area contributed by atoms with E-state index in [9.17, 15) is 9.59 Å². The highest BCUT2D eigenvalue weighted by atomic mass is 79.9. The number of amides is 2. The average Bonchev–Trinajstić information content (AvgIpc) is 3.65. The predicted octanol–water partition coefficient (Wildman–Crippen LogP) is 6.08. The molecule has 5 heterocycles. The normalized spacial score (nSPS) is 14.8. The van der Waals surface area contributed by atoms with Gasteiger partial charge in [0, 0.05) is 33.7 Å². The maximum atomic E-state index is 14.7. The number of rotatable bonds is 5. The van der Waals surface area contributed by atoms with Crippen LogP contribution in [0.5, 0.6) is 0 Å². The van der Waals surface area contributed by atoms with Gasteiger partial charge < -0.3 is 14.6 Å². The van der Waals surface area contributed by atoms with Crippen molar-refractivity contribution >= 4 is 44.5 Å². The van der Waals surface area contributed by atoms with Gasteiger partial charge in [0.15, 0.2) is 5.65 Å². The number of benzene rings is 2. The number of carbonyl (C=O) groups is 2. The van der Waals surface area contributed by atoms with Crippen LogP contribution in [0.4, 0.5) is 5.69 Å². The molecule has 6 aromatic rings. The van der Waals surface area contributed by atoms with Crippen molar-refractivity contribution < 1.29 is 14.0 Å². The molecule has 1 unspecified atom stereocenters. The molecule has 0 aliphatic carbocycles. The van der Waals surface area contributed by atoms with E-state index in [2.05, 4.69) is 31.3 Å². The third kappa shape index (κ3) is 4.75. The molecule has 1 aliphatic rings. The molecule has 2 amide bonds. The molecular formula is C32H23BrN6O3. The number of hydrogen-bond donors (Lipinski definition) is 1. The topological polar surface area (TPSA) is 106 Å². The highest BCUT2D eigenvalue weighted by Gasteiger charge is 2.35. The van der Waals surface area contributed by atoms with Crippen LogP contribution in [-0.2, 0) is 11.3 Å². The molecule has 42 heavy (non-hydrogen) atoms. The number of pyridine rings is 2. The molecule has 9 nitrogen and oxygen atoms in total. The Bertz CT molecular complexity index is 1920. The number of nitrogens with one attached hydrogen (secondary N) is 1. The second-order valence-corrected chi connectivity index (χ2v) is 10.9. The smallest absolute Gasteiger partial charge is 0.255 e. The van der Waals surface area contributed by atoms with E-state index >= 15 is 0 Å². The zero-order chi connectivity index (χ0) is 28.6. The lowest BCUT2D eigenvalue weighted by Gasteiger charge is -2.31. The Labute approximate surface area is 249 Å². The lowest BCUT2D eigenvalue weighted by atomic mass is 9.95. The van der Waals surface area contributed by atoms with Crippen molar-refractivity contribution in [2.45, 2.75) is 12.6 Å². The molecule has 1 aliphatic heterocycles. The van der Waals surface area contributed by atoms with Crippen molar-refractivity contribution in [2.24, 2.45) is 0 Å². The van der Waals surface area contributed by atoms with Gasteiger partial charge in [-0.2, -0.15) is 5.10 Å². The zero-order valence-corrected chi connectivity index (χ0v) is 23.7. The molecule has 1 atom stereocenters. The molecular weight excluding hydrogens is 596 g/mol. The minimum absolute atomic E-state index is 0.142. The Hall–Kier alpha value is -5.09. The molecule has 2 aromatic carbocycles. The van der Waals surface area contributed by atoms with Gasteiger partial charge in [-0.25, -0.2) is 9.67 Å². The van der Waals surface area contributed by atoms with Crippen molar-refractivity contribution in [1.82, 2.24) is 24.6 Å². The minimum Gasteiger partial charge on any atom is -0.467 e. The van der Waals surface area contributed by atoms with E-state index in [4.69, 9.17) is 9.40 Å². The van der Waals surface area contributed by atoms with Crippen LogP contribution in [0.25, 0.3) is 22.3 Å². The maximum Gasteiger partial charge on any atom is 0.255 e. The van der Waals surface area contributed by atoms with Crippen molar-refractivity contribution in [2.75, 3.05) is 11.9 Å². The lowest BCUT2D eigenvalue weighted by Crippen LogP contribution is -2.39. The number of carbonyl (C=O) groups excluding carboxylic acids is 2. The fourth-order valence-electron chi connectivity index (χ4n) is 5.37. The largest absolute Gasteiger partial charge is 0.467 e. The Balaban J connectivity index is 1.42. The number of furan rings is 1. The van der Waals surface area contributed by atoms with Crippen LogP contribution in [0.1, 0.15) is 33.3 Å². The van der Waals surface area contributed by atoms with Crippen LogP contribution in [0.2, 0.25) is 0 Å². The Kier molecular flexibility index (Phi) is 6.59. The second-order valence-electron chi connectivity index (χ2n) is 9.94. The van der Waals surface area contributed by atoms with Crippen molar-refractivity contribution in [1.29, 1.82) is 0 Å². The number of hydrogen-bond acceptors (Lipinski definition) is 6. The summed E-state index contributed by atoms with van der Waals surface area (Å²) in [4.78, 5) is 38.7. The molecule has 206 valence electrons. The van der Waals surface area contributed by atoms with Crippen LogP contribution in [-0.4, -0.2) is 43.0 Å². The highest BCUT2D eigenvalue weighted by molar-refractivity contribution is 9.10. The molecule has 1 N–H and O–H groups in total. The Morgan fingerprint density at radius 1 is 1.02 bits per heavy atom. The summed E-state index contributed by atoms with van der Waals surface area (Å²) in [6.45, 7) is 0.199. The number of aromatic nitrogens is 4. The second kappa shape index (κ2) is 10.7. The Morgan fingerprint density at radius 2 is 1.90 bits per heavy atom. The number of anilines is 1. The van der Waals surface area contributed by atoms with Crippen molar-refractivity contribution in [3.05, 3.63) is 131 Å². The van der Waals surface area contributed by atoms with E-state index in [1.165, 1.54) is 0 Å². The van der Waals surface area contributed by atoms with E-state index in [0.717, 1.165) is 21.2 Å². The van der Waals surface area contributed by atoms with Gasteiger partial charge in [0.1, 0.15) is 18.8 Å². The first-order valence-corrected chi connectivity index (χ1v) is 14.1. The standard InChI is InChI=1S/C32H23BrN6O3/c33-22-10-11-27-25(14-22)30(20-6-2-1-3-7-20)38(19-29(40)36-27)32(41)24-15-28(21-8-4-12-34-16-21)37-31-26(24)17-35-39(31)18-23-9-5-13-42-23/h1-17,30H,18-19H2,(H,36,40). The van der Waals surface area contributed by atoms with Gasteiger partial charge in [-0.15, -0.1) is 0 Å². The molecule has 0 spiro atoms. The summed E-state index contributed by atoms with van der Waals surface area (Å²) in [5, 5.41) is 8.14. The van der Waals surface area contributed by atoms with Gasteiger partial charge in [-0.3, -0.25) is 14.6 Å². The summed E-state index contributed by atoms with van der Waals surface area (Å²) in [7, 11) is 0. The third-order valence-electron chi connectivity index (χ3n) is 7.27. The average molecular weight is 619 g/mol. The summed E-state index contributed by atoms with van der Waals surface area (Å²) >= 11 is 3.58.